The molecule has 134 valence electrons. The van der Waals surface area contributed by atoms with Crippen LogP contribution in [0, 0.1) is 0 Å². The van der Waals surface area contributed by atoms with Crippen LogP contribution < -0.4 is 10.1 Å². The van der Waals surface area contributed by atoms with E-state index in [1.807, 2.05) is 24.3 Å². The molecule has 1 N–H and O–H groups in total. The lowest BCUT2D eigenvalue weighted by molar-refractivity contribution is 0.110. The van der Waals surface area contributed by atoms with Crippen molar-refractivity contribution >= 4 is 34.8 Å². The summed E-state index contributed by atoms with van der Waals surface area (Å²) in [4.78, 5) is 0. The van der Waals surface area contributed by atoms with Crippen LogP contribution >= 0.6 is 34.8 Å². The van der Waals surface area contributed by atoms with Crippen LogP contribution in [0.5, 0.6) is 5.75 Å². The van der Waals surface area contributed by atoms with Crippen LogP contribution in [0.2, 0.25) is 15.1 Å². The van der Waals surface area contributed by atoms with E-state index in [1.165, 1.54) is 0 Å². The van der Waals surface area contributed by atoms with Crippen LogP contribution in [0.3, 0.4) is 0 Å². The van der Waals surface area contributed by atoms with E-state index in [-0.39, 0.29) is 0 Å². The molecular formula is C19H20Cl3NO2. The number of hydrogen-bond acceptors (Lipinski definition) is 3. The molecule has 1 atom stereocenters. The fourth-order valence-corrected chi connectivity index (χ4v) is 3.52. The average molecular weight is 401 g/mol. The molecule has 0 amide bonds. The van der Waals surface area contributed by atoms with Gasteiger partial charge in [-0.15, -0.1) is 0 Å². The Hall–Kier alpha value is -0.970. The number of hydrogen-bond donors (Lipinski definition) is 1. The molecule has 0 spiro atoms. The van der Waals surface area contributed by atoms with Crippen molar-refractivity contribution in [1.29, 1.82) is 0 Å². The first-order valence-electron chi connectivity index (χ1n) is 8.30. The minimum atomic E-state index is 0.297. The van der Waals surface area contributed by atoms with Gasteiger partial charge in [0.15, 0.2) is 0 Å². The average Bonchev–Trinajstić information content (AvgIpc) is 3.09. The molecule has 1 fully saturated rings. The number of rotatable bonds is 7. The SMILES string of the molecule is Clc1ccc(OCc2c(Cl)cccc2Cl)c(CNC[C@@H]2CCCO2)c1. The molecule has 2 aromatic carbocycles. The Morgan fingerprint density at radius 2 is 1.92 bits per heavy atom. The third-order valence-electron chi connectivity index (χ3n) is 4.17. The molecule has 25 heavy (non-hydrogen) atoms. The topological polar surface area (TPSA) is 30.5 Å². The van der Waals surface area contributed by atoms with Gasteiger partial charge >= 0.3 is 0 Å². The van der Waals surface area contributed by atoms with Crippen molar-refractivity contribution < 1.29 is 9.47 Å². The monoisotopic (exact) mass is 399 g/mol. The zero-order valence-corrected chi connectivity index (χ0v) is 16.0. The van der Waals surface area contributed by atoms with Crippen molar-refractivity contribution in [2.45, 2.75) is 32.1 Å². The molecule has 0 aromatic heterocycles. The summed E-state index contributed by atoms with van der Waals surface area (Å²) >= 11 is 18.6. The summed E-state index contributed by atoms with van der Waals surface area (Å²) in [6.45, 7) is 2.64. The third kappa shape index (κ3) is 5.25. The van der Waals surface area contributed by atoms with E-state index in [9.17, 15) is 0 Å². The fraction of sp³-hybridized carbons (Fsp3) is 0.368. The van der Waals surface area contributed by atoms with Gasteiger partial charge < -0.3 is 14.8 Å². The van der Waals surface area contributed by atoms with Crippen LogP contribution in [0.15, 0.2) is 36.4 Å². The molecule has 2 aromatic rings. The zero-order valence-electron chi connectivity index (χ0n) is 13.7. The largest absolute Gasteiger partial charge is 0.488 e. The quantitative estimate of drug-likeness (QED) is 0.666. The Morgan fingerprint density at radius 3 is 2.64 bits per heavy atom. The molecule has 3 nitrogen and oxygen atoms in total. The highest BCUT2D eigenvalue weighted by atomic mass is 35.5. The zero-order chi connectivity index (χ0) is 17.6. The van der Waals surface area contributed by atoms with E-state index >= 15 is 0 Å². The molecule has 1 aliphatic heterocycles. The van der Waals surface area contributed by atoms with Crippen LogP contribution in [0.4, 0.5) is 0 Å². The highest BCUT2D eigenvalue weighted by Gasteiger charge is 2.15. The lowest BCUT2D eigenvalue weighted by atomic mass is 10.2. The van der Waals surface area contributed by atoms with Crippen molar-refractivity contribution in [2.75, 3.05) is 13.2 Å². The molecule has 1 aliphatic rings. The van der Waals surface area contributed by atoms with Gasteiger partial charge in [-0.2, -0.15) is 0 Å². The number of nitrogens with one attached hydrogen (secondary N) is 1. The van der Waals surface area contributed by atoms with E-state index in [0.29, 0.717) is 34.3 Å². The molecule has 0 radical (unpaired) electrons. The highest BCUT2D eigenvalue weighted by molar-refractivity contribution is 6.36. The van der Waals surface area contributed by atoms with Crippen molar-refractivity contribution in [3.8, 4) is 5.75 Å². The van der Waals surface area contributed by atoms with E-state index in [4.69, 9.17) is 44.3 Å². The predicted octanol–water partition coefficient (Wildman–Crippen LogP) is 5.49. The molecule has 6 heteroatoms. The van der Waals surface area contributed by atoms with Gasteiger partial charge in [-0.05, 0) is 43.2 Å². The van der Waals surface area contributed by atoms with Gasteiger partial charge in [-0.3, -0.25) is 0 Å². The Kier molecular flexibility index (Phi) is 6.85. The van der Waals surface area contributed by atoms with Crippen LogP contribution in [0.1, 0.15) is 24.0 Å². The second-order valence-corrected chi connectivity index (χ2v) is 7.26. The summed E-state index contributed by atoms with van der Waals surface area (Å²) in [6.07, 6.45) is 2.54. The lowest BCUT2D eigenvalue weighted by Gasteiger charge is -2.15. The van der Waals surface area contributed by atoms with E-state index in [0.717, 1.165) is 42.9 Å². The number of halogens is 3. The van der Waals surface area contributed by atoms with Gasteiger partial charge in [0.05, 0.1) is 6.10 Å². The molecule has 1 heterocycles. The summed E-state index contributed by atoms with van der Waals surface area (Å²) in [5.74, 6) is 0.764. The number of benzene rings is 2. The molecular weight excluding hydrogens is 381 g/mol. The molecule has 1 saturated heterocycles. The molecule has 0 saturated carbocycles. The first-order chi connectivity index (χ1) is 12.1. The normalized spacial score (nSPS) is 17.0. The Morgan fingerprint density at radius 1 is 1.12 bits per heavy atom. The molecule has 3 rings (SSSR count). The Balaban J connectivity index is 1.64. The summed E-state index contributed by atoms with van der Waals surface area (Å²) in [5.41, 5.74) is 1.77. The Labute approximate surface area is 163 Å². The summed E-state index contributed by atoms with van der Waals surface area (Å²) in [7, 11) is 0. The van der Waals surface area contributed by atoms with Crippen molar-refractivity contribution in [3.63, 3.8) is 0 Å². The second kappa shape index (κ2) is 9.11. The maximum Gasteiger partial charge on any atom is 0.124 e. The van der Waals surface area contributed by atoms with E-state index in [2.05, 4.69) is 5.32 Å². The fourth-order valence-electron chi connectivity index (χ4n) is 2.82. The van der Waals surface area contributed by atoms with Crippen LogP contribution in [0.25, 0.3) is 0 Å². The maximum absolute atomic E-state index is 6.21. The van der Waals surface area contributed by atoms with E-state index in [1.54, 1.807) is 12.1 Å². The van der Waals surface area contributed by atoms with Crippen LogP contribution in [-0.4, -0.2) is 19.3 Å². The lowest BCUT2D eigenvalue weighted by Crippen LogP contribution is -2.26. The highest BCUT2D eigenvalue weighted by Crippen LogP contribution is 2.28. The molecule has 0 bridgehead atoms. The maximum atomic E-state index is 6.21. The standard InChI is InChI=1S/C19H20Cl3NO2/c20-14-6-7-19(25-12-16-17(21)4-1-5-18(16)22)13(9-14)10-23-11-15-3-2-8-24-15/h1,4-7,9,15,23H,2-3,8,10-12H2/t15-/m0/s1. The second-order valence-electron chi connectivity index (χ2n) is 6.01. The van der Waals surface area contributed by atoms with Gasteiger partial charge in [-0.1, -0.05) is 40.9 Å². The van der Waals surface area contributed by atoms with E-state index < -0.39 is 0 Å². The first kappa shape index (κ1) is 18.8. The minimum Gasteiger partial charge on any atom is -0.488 e. The smallest absolute Gasteiger partial charge is 0.124 e. The minimum absolute atomic E-state index is 0.297. The van der Waals surface area contributed by atoms with Gasteiger partial charge in [0, 0.05) is 45.9 Å². The molecule has 0 unspecified atom stereocenters. The van der Waals surface area contributed by atoms with Gasteiger partial charge in [0.1, 0.15) is 12.4 Å². The third-order valence-corrected chi connectivity index (χ3v) is 5.11. The predicted molar refractivity (Wildman–Crippen MR) is 103 cm³/mol. The van der Waals surface area contributed by atoms with Gasteiger partial charge in [0.25, 0.3) is 0 Å². The van der Waals surface area contributed by atoms with Gasteiger partial charge in [0.2, 0.25) is 0 Å². The molecule has 0 aliphatic carbocycles. The van der Waals surface area contributed by atoms with Crippen molar-refractivity contribution in [3.05, 3.63) is 62.6 Å². The first-order valence-corrected chi connectivity index (χ1v) is 9.43. The van der Waals surface area contributed by atoms with Crippen molar-refractivity contribution in [1.82, 2.24) is 5.32 Å². The summed E-state index contributed by atoms with van der Waals surface area (Å²) < 4.78 is 11.6. The van der Waals surface area contributed by atoms with Gasteiger partial charge in [-0.25, -0.2) is 0 Å². The van der Waals surface area contributed by atoms with Crippen molar-refractivity contribution in [2.24, 2.45) is 0 Å². The number of ether oxygens (including phenoxy) is 2. The Bertz CT molecular complexity index is 698. The summed E-state index contributed by atoms with van der Waals surface area (Å²) in [5, 5.41) is 5.29. The summed E-state index contributed by atoms with van der Waals surface area (Å²) in [6, 6.07) is 11.0. The van der Waals surface area contributed by atoms with Crippen LogP contribution in [-0.2, 0) is 17.9 Å².